The first-order chi connectivity index (χ1) is 32.2. The molecule has 0 fully saturated rings. The molecule has 0 bridgehead atoms. The van der Waals surface area contributed by atoms with Gasteiger partial charge in [-0.1, -0.05) is 159 Å². The van der Waals surface area contributed by atoms with Crippen molar-refractivity contribution >= 4 is 77.2 Å². The second-order valence-corrected chi connectivity index (χ2v) is 16.9. The number of hydrogen-bond donors (Lipinski definition) is 1. The number of nitrogens with zero attached hydrogens (tertiary/aromatic N) is 2. The van der Waals surface area contributed by atoms with Crippen LogP contribution in [0.2, 0.25) is 0 Å². The maximum atomic E-state index is 6.63. The lowest BCUT2D eigenvalue weighted by Gasteiger charge is -2.29. The summed E-state index contributed by atoms with van der Waals surface area (Å²) in [6.45, 7) is 2.23. The first-order valence-electron chi connectivity index (χ1n) is 22.4. The van der Waals surface area contributed by atoms with E-state index in [2.05, 4.69) is 205 Å². The molecule has 5 nitrogen and oxygen atoms in total. The van der Waals surface area contributed by atoms with Gasteiger partial charge in [-0.05, 0) is 94.4 Å². The van der Waals surface area contributed by atoms with E-state index in [0.29, 0.717) is 0 Å². The first kappa shape index (κ1) is 37.2. The summed E-state index contributed by atoms with van der Waals surface area (Å²) in [6.07, 6.45) is 0.835. The molecule has 0 amide bonds. The molecule has 0 radical (unpaired) electrons. The third-order valence-corrected chi connectivity index (χ3v) is 13.3. The number of benzene rings is 9. The Hall–Kier alpha value is -8.41. The number of hydrogen-bond acceptors (Lipinski definition) is 4. The fourth-order valence-corrected chi connectivity index (χ4v) is 10.3. The van der Waals surface area contributed by atoms with Crippen LogP contribution in [0.5, 0.6) is 0 Å². The van der Waals surface area contributed by atoms with E-state index in [9.17, 15) is 0 Å². The zero-order chi connectivity index (χ0) is 43.0. The van der Waals surface area contributed by atoms with Crippen LogP contribution in [0.4, 0.5) is 0 Å². The van der Waals surface area contributed by atoms with Gasteiger partial charge >= 0.3 is 0 Å². The van der Waals surface area contributed by atoms with Crippen LogP contribution in [0.3, 0.4) is 0 Å². The van der Waals surface area contributed by atoms with Crippen molar-refractivity contribution in [3.05, 3.63) is 229 Å². The number of aromatic nitrogens is 1. The number of nitrogens with one attached hydrogen (secondary N) is 1. The zero-order valence-electron chi connectivity index (χ0n) is 35.6. The summed E-state index contributed by atoms with van der Waals surface area (Å²) in [6, 6.07) is 73.0. The van der Waals surface area contributed by atoms with Crippen LogP contribution in [-0.4, -0.2) is 10.4 Å². The van der Waals surface area contributed by atoms with Crippen molar-refractivity contribution < 1.29 is 8.83 Å². The normalized spacial score (nSPS) is 14.3. The average Bonchev–Trinajstić information content (AvgIpc) is 4.06. The monoisotopic (exact) mass is 835 g/mol. The molecular weight excluding hydrogens is 795 g/mol. The average molecular weight is 836 g/mol. The SMILES string of the molecule is CCC1=C(c2ccccc2)NC(c2ccccc2)=NC1c1cccc2oc3ccc(-c4ccc5c(c4)c4ccccc4n5-c4ccc(-c5cccc6c5oc5ccccc56)cc4)cc3c12. The predicted molar refractivity (Wildman–Crippen MR) is 269 cm³/mol. The lowest BCUT2D eigenvalue weighted by molar-refractivity contribution is 0.668. The van der Waals surface area contributed by atoms with E-state index in [1.807, 2.05) is 18.2 Å². The summed E-state index contributed by atoms with van der Waals surface area (Å²) < 4.78 is 15.4. The Labute approximate surface area is 375 Å². The molecule has 1 aliphatic rings. The topological polar surface area (TPSA) is 55.6 Å². The van der Waals surface area contributed by atoms with Crippen LogP contribution in [0, 0.1) is 0 Å². The zero-order valence-corrected chi connectivity index (χ0v) is 35.6. The van der Waals surface area contributed by atoms with E-state index in [4.69, 9.17) is 13.8 Å². The lowest BCUT2D eigenvalue weighted by Crippen LogP contribution is -2.30. The highest BCUT2D eigenvalue weighted by Gasteiger charge is 2.29. The van der Waals surface area contributed by atoms with Crippen LogP contribution >= 0.6 is 0 Å². The van der Waals surface area contributed by atoms with E-state index >= 15 is 0 Å². The summed E-state index contributed by atoms with van der Waals surface area (Å²) in [5.74, 6) is 0.862. The number of para-hydroxylation sites is 3. The second-order valence-electron chi connectivity index (χ2n) is 16.9. The molecule has 9 aromatic carbocycles. The molecule has 1 atom stereocenters. The summed E-state index contributed by atoms with van der Waals surface area (Å²) in [7, 11) is 0. The third kappa shape index (κ3) is 5.97. The van der Waals surface area contributed by atoms with Gasteiger partial charge < -0.3 is 18.7 Å². The molecule has 1 aliphatic heterocycles. The molecular formula is C60H41N3O2. The highest BCUT2D eigenvalue weighted by Crippen LogP contribution is 2.44. The first-order valence-corrected chi connectivity index (χ1v) is 22.4. The van der Waals surface area contributed by atoms with Gasteiger partial charge in [-0.2, -0.15) is 0 Å². The van der Waals surface area contributed by atoms with E-state index in [1.54, 1.807) is 0 Å². The van der Waals surface area contributed by atoms with Gasteiger partial charge in [-0.3, -0.25) is 4.99 Å². The van der Waals surface area contributed by atoms with Crippen LogP contribution in [0.25, 0.3) is 99.3 Å². The maximum Gasteiger partial charge on any atom is 0.143 e. The molecule has 0 aliphatic carbocycles. The Kier molecular flexibility index (Phi) is 8.50. The van der Waals surface area contributed by atoms with Gasteiger partial charge in [0.25, 0.3) is 0 Å². The number of furan rings is 2. The van der Waals surface area contributed by atoms with Crippen LogP contribution < -0.4 is 5.32 Å². The molecule has 1 N–H and O–H groups in total. The van der Waals surface area contributed by atoms with Gasteiger partial charge in [0.15, 0.2) is 0 Å². The van der Waals surface area contributed by atoms with E-state index < -0.39 is 0 Å². The van der Waals surface area contributed by atoms with Crippen molar-refractivity contribution in [1.29, 1.82) is 0 Å². The highest BCUT2D eigenvalue weighted by atomic mass is 16.3. The Morgan fingerprint density at radius 2 is 1.11 bits per heavy atom. The van der Waals surface area contributed by atoms with E-state index in [-0.39, 0.29) is 6.04 Å². The quantitative estimate of drug-likeness (QED) is 0.174. The smallest absolute Gasteiger partial charge is 0.143 e. The van der Waals surface area contributed by atoms with Gasteiger partial charge in [0.2, 0.25) is 0 Å². The molecule has 4 heterocycles. The fraction of sp³-hybridized carbons (Fsp3) is 0.0500. The van der Waals surface area contributed by atoms with Crippen LogP contribution in [-0.2, 0) is 0 Å². The van der Waals surface area contributed by atoms with Crippen LogP contribution in [0.1, 0.15) is 36.1 Å². The minimum atomic E-state index is -0.213. The Bertz CT molecular complexity index is 3890. The number of fused-ring (bicyclic) bond motifs is 9. The standard InChI is InChI=1S/C60H41N3O2/c1-2-43-57(38-15-5-3-6-16-38)61-60(39-17-7-4-8-18-39)62-58(43)48-23-14-26-55-56(48)50-36-41(30-34-54(50)64-55)40-29-33-52-49(35-40)45-19-9-11-24-51(45)63(52)42-31-27-37(28-32-42)44-21-13-22-47-46-20-10-12-25-53(46)65-59(44)47/h3-36,58H,2H2,1H3,(H,61,62). The minimum Gasteiger partial charge on any atom is -0.456 e. The maximum absolute atomic E-state index is 6.63. The Morgan fingerprint density at radius 1 is 0.477 bits per heavy atom. The van der Waals surface area contributed by atoms with Crippen molar-refractivity contribution in [3.8, 4) is 27.9 Å². The van der Waals surface area contributed by atoms with Crippen molar-refractivity contribution in [3.63, 3.8) is 0 Å². The Balaban J connectivity index is 0.922. The van der Waals surface area contributed by atoms with Crippen molar-refractivity contribution in [2.75, 3.05) is 0 Å². The van der Waals surface area contributed by atoms with Crippen molar-refractivity contribution in [2.24, 2.45) is 4.99 Å². The molecule has 1 unspecified atom stereocenters. The van der Waals surface area contributed by atoms with Gasteiger partial charge in [-0.15, -0.1) is 0 Å². The van der Waals surface area contributed by atoms with E-state index in [0.717, 1.165) is 112 Å². The predicted octanol–water partition coefficient (Wildman–Crippen LogP) is 15.8. The molecule has 3 aromatic heterocycles. The summed E-state index contributed by atoms with van der Waals surface area (Å²) in [4.78, 5) is 5.50. The summed E-state index contributed by atoms with van der Waals surface area (Å²) in [5, 5.41) is 10.6. The second kappa shape index (κ2) is 14.9. The number of amidine groups is 1. The van der Waals surface area contributed by atoms with Crippen molar-refractivity contribution in [1.82, 2.24) is 9.88 Å². The molecule has 0 saturated carbocycles. The molecule has 0 saturated heterocycles. The van der Waals surface area contributed by atoms with Gasteiger partial charge in [0.05, 0.1) is 11.0 Å². The Morgan fingerprint density at radius 3 is 1.92 bits per heavy atom. The van der Waals surface area contributed by atoms with Crippen molar-refractivity contribution in [2.45, 2.75) is 19.4 Å². The molecule has 0 spiro atoms. The number of rotatable bonds is 7. The van der Waals surface area contributed by atoms with Gasteiger partial charge in [0.1, 0.15) is 34.2 Å². The molecule has 65 heavy (non-hydrogen) atoms. The molecule has 13 rings (SSSR count). The summed E-state index contributed by atoms with van der Waals surface area (Å²) >= 11 is 0. The molecule has 12 aromatic rings. The van der Waals surface area contributed by atoms with Crippen LogP contribution in [0.15, 0.2) is 226 Å². The highest BCUT2D eigenvalue weighted by molar-refractivity contribution is 6.13. The number of aliphatic imine (C=N–C) groups is 1. The third-order valence-electron chi connectivity index (χ3n) is 13.3. The summed E-state index contributed by atoms with van der Waals surface area (Å²) in [5.41, 5.74) is 17.2. The van der Waals surface area contributed by atoms with E-state index in [1.165, 1.54) is 21.9 Å². The van der Waals surface area contributed by atoms with Gasteiger partial charge in [0, 0.05) is 54.8 Å². The molecule has 5 heteroatoms. The lowest BCUT2D eigenvalue weighted by atomic mass is 9.88. The minimum absolute atomic E-state index is 0.213. The largest absolute Gasteiger partial charge is 0.456 e. The molecule has 308 valence electrons. The van der Waals surface area contributed by atoms with Gasteiger partial charge in [-0.25, -0.2) is 0 Å². The fourth-order valence-electron chi connectivity index (χ4n) is 10.3.